The van der Waals surface area contributed by atoms with Gasteiger partial charge in [-0.3, -0.25) is 9.59 Å². The lowest BCUT2D eigenvalue weighted by Crippen LogP contribution is -2.35. The summed E-state index contributed by atoms with van der Waals surface area (Å²) in [5.41, 5.74) is -0.625. The normalized spacial score (nSPS) is 20.5. The zero-order chi connectivity index (χ0) is 16.8. The Bertz CT molecular complexity index is 840. The molecule has 1 atom stereocenters. The van der Waals surface area contributed by atoms with E-state index >= 15 is 0 Å². The summed E-state index contributed by atoms with van der Waals surface area (Å²) in [5.74, 6) is -2.71. The minimum absolute atomic E-state index is 0.0753. The Morgan fingerprint density at radius 1 is 1.39 bits per heavy atom. The van der Waals surface area contributed by atoms with Gasteiger partial charge in [-0.05, 0) is 25.0 Å². The maximum absolute atomic E-state index is 14.2. The van der Waals surface area contributed by atoms with Crippen LogP contribution in [0.3, 0.4) is 0 Å². The Balaban J connectivity index is 2.36. The second kappa shape index (κ2) is 5.30. The highest BCUT2D eigenvalue weighted by Crippen LogP contribution is 2.45. The van der Waals surface area contributed by atoms with Gasteiger partial charge in [0, 0.05) is 28.5 Å². The van der Waals surface area contributed by atoms with Crippen molar-refractivity contribution in [1.29, 1.82) is 0 Å². The van der Waals surface area contributed by atoms with E-state index in [2.05, 4.69) is 11.6 Å². The zero-order valence-electron chi connectivity index (χ0n) is 12.3. The molecule has 0 amide bonds. The van der Waals surface area contributed by atoms with E-state index in [0.29, 0.717) is 18.5 Å². The fourth-order valence-electron chi connectivity index (χ4n) is 3.53. The summed E-state index contributed by atoms with van der Waals surface area (Å²) in [4.78, 5) is 26.4. The monoisotopic (exact) mass is 319 g/mol. The molecule has 0 spiro atoms. The summed E-state index contributed by atoms with van der Waals surface area (Å²) in [6, 6.07) is 1.95. The van der Waals surface area contributed by atoms with Gasteiger partial charge in [0.15, 0.2) is 5.78 Å². The van der Waals surface area contributed by atoms with Crippen molar-refractivity contribution in [3.63, 3.8) is 0 Å². The number of carbonyl (C=O) groups is 2. The summed E-state index contributed by atoms with van der Waals surface area (Å²) in [6.07, 6.45) is 2.02. The third-order valence-electron chi connectivity index (χ3n) is 4.52. The van der Waals surface area contributed by atoms with E-state index in [1.807, 2.05) is 0 Å². The van der Waals surface area contributed by atoms with Crippen molar-refractivity contribution >= 4 is 22.7 Å². The standard InChI is InChI=1S/C17H15F2NO3/c1-2-6-17(8-12(22)23)7-5-11(21)14-13-9(18)3-4-10(19)15(13)20-16(14)17/h2-4,20H,1,5-8H2,(H,22,23). The Hall–Kier alpha value is -2.50. The Morgan fingerprint density at radius 3 is 2.74 bits per heavy atom. The molecule has 0 fully saturated rings. The van der Waals surface area contributed by atoms with Gasteiger partial charge in [0.05, 0.1) is 11.9 Å². The summed E-state index contributed by atoms with van der Waals surface area (Å²) in [7, 11) is 0. The van der Waals surface area contributed by atoms with Crippen molar-refractivity contribution in [1.82, 2.24) is 4.98 Å². The highest BCUT2D eigenvalue weighted by molar-refractivity contribution is 6.11. The molecule has 4 nitrogen and oxygen atoms in total. The minimum atomic E-state index is -1.04. The number of Topliss-reactive ketones (excluding diaryl/α,β-unsaturated/α-hetero) is 1. The lowest BCUT2D eigenvalue weighted by Gasteiger charge is -2.34. The van der Waals surface area contributed by atoms with Crippen LogP contribution in [-0.2, 0) is 10.2 Å². The molecule has 2 aromatic rings. The average molecular weight is 319 g/mol. The van der Waals surface area contributed by atoms with Crippen LogP contribution < -0.4 is 0 Å². The van der Waals surface area contributed by atoms with E-state index in [1.165, 1.54) is 0 Å². The number of aromatic nitrogens is 1. The molecule has 2 N–H and O–H groups in total. The summed E-state index contributed by atoms with van der Waals surface area (Å²) < 4.78 is 28.2. The number of carbonyl (C=O) groups excluding carboxylic acids is 1. The number of carboxylic acid groups (broad SMARTS) is 1. The molecular formula is C17H15F2NO3. The first kappa shape index (κ1) is 15.4. The molecule has 1 aliphatic rings. The van der Waals surface area contributed by atoms with E-state index in [4.69, 9.17) is 0 Å². The number of rotatable bonds is 4. The summed E-state index contributed by atoms with van der Waals surface area (Å²) in [5, 5.41) is 9.16. The molecule has 0 bridgehead atoms. The average Bonchev–Trinajstić information content (AvgIpc) is 2.90. The molecule has 6 heteroatoms. The van der Waals surface area contributed by atoms with Crippen LogP contribution in [0.1, 0.15) is 41.7 Å². The highest BCUT2D eigenvalue weighted by Gasteiger charge is 2.43. The second-order valence-electron chi connectivity index (χ2n) is 5.92. The molecule has 23 heavy (non-hydrogen) atoms. The smallest absolute Gasteiger partial charge is 0.304 e. The Kier molecular flexibility index (Phi) is 3.55. The van der Waals surface area contributed by atoms with Crippen LogP contribution in [0.25, 0.3) is 10.9 Å². The van der Waals surface area contributed by atoms with Crippen molar-refractivity contribution in [2.24, 2.45) is 0 Å². The molecule has 0 aliphatic heterocycles. The number of ketones is 1. The molecule has 1 aromatic heterocycles. The zero-order valence-corrected chi connectivity index (χ0v) is 12.3. The first-order valence-corrected chi connectivity index (χ1v) is 7.25. The van der Waals surface area contributed by atoms with Crippen LogP contribution in [0.4, 0.5) is 8.78 Å². The first-order chi connectivity index (χ1) is 10.9. The topological polar surface area (TPSA) is 70.2 Å². The lowest BCUT2D eigenvalue weighted by molar-refractivity contribution is -0.138. The van der Waals surface area contributed by atoms with Gasteiger partial charge < -0.3 is 10.1 Å². The van der Waals surface area contributed by atoms with Crippen LogP contribution in [0, 0.1) is 11.6 Å². The van der Waals surface area contributed by atoms with Crippen molar-refractivity contribution in [2.75, 3.05) is 0 Å². The number of hydrogen-bond acceptors (Lipinski definition) is 2. The molecule has 1 aliphatic carbocycles. The Morgan fingerprint density at radius 2 is 2.09 bits per heavy atom. The SMILES string of the molecule is C=CCC1(CC(=O)O)CCC(=O)c2c1[nH]c1c(F)ccc(F)c21. The molecule has 0 saturated carbocycles. The molecule has 1 aromatic carbocycles. The van der Waals surface area contributed by atoms with Crippen molar-refractivity contribution in [2.45, 2.75) is 31.1 Å². The number of aromatic amines is 1. The predicted octanol–water partition coefficient (Wildman–Crippen LogP) is 3.71. The van der Waals surface area contributed by atoms with E-state index in [1.54, 1.807) is 6.08 Å². The summed E-state index contributed by atoms with van der Waals surface area (Å²) in [6.45, 7) is 3.65. The number of aliphatic carboxylic acids is 1. The molecule has 0 radical (unpaired) electrons. The summed E-state index contributed by atoms with van der Waals surface area (Å²) >= 11 is 0. The fourth-order valence-corrected chi connectivity index (χ4v) is 3.53. The number of benzene rings is 1. The minimum Gasteiger partial charge on any atom is -0.481 e. The van der Waals surface area contributed by atoms with Gasteiger partial charge >= 0.3 is 5.97 Å². The second-order valence-corrected chi connectivity index (χ2v) is 5.92. The van der Waals surface area contributed by atoms with Gasteiger partial charge in [0.1, 0.15) is 11.6 Å². The van der Waals surface area contributed by atoms with Gasteiger partial charge in [-0.1, -0.05) is 6.08 Å². The molecule has 1 unspecified atom stereocenters. The van der Waals surface area contributed by atoms with Crippen LogP contribution >= 0.6 is 0 Å². The van der Waals surface area contributed by atoms with Crippen molar-refractivity contribution in [3.05, 3.63) is 47.7 Å². The van der Waals surface area contributed by atoms with Crippen LogP contribution in [0.15, 0.2) is 24.8 Å². The van der Waals surface area contributed by atoms with Crippen LogP contribution in [-0.4, -0.2) is 21.8 Å². The van der Waals surface area contributed by atoms with Crippen molar-refractivity contribution in [3.8, 4) is 0 Å². The number of fused-ring (bicyclic) bond motifs is 3. The number of carboxylic acids is 1. The van der Waals surface area contributed by atoms with E-state index < -0.39 is 23.0 Å². The number of nitrogens with one attached hydrogen (secondary N) is 1. The first-order valence-electron chi connectivity index (χ1n) is 7.25. The van der Waals surface area contributed by atoms with Crippen LogP contribution in [0.2, 0.25) is 0 Å². The fraction of sp³-hybridized carbons (Fsp3) is 0.294. The predicted molar refractivity (Wildman–Crippen MR) is 80.5 cm³/mol. The van der Waals surface area contributed by atoms with Gasteiger partial charge in [0.2, 0.25) is 0 Å². The molecule has 3 rings (SSSR count). The van der Waals surface area contributed by atoms with Gasteiger partial charge in [-0.25, -0.2) is 8.78 Å². The molecular weight excluding hydrogens is 304 g/mol. The molecule has 1 heterocycles. The molecule has 0 saturated heterocycles. The quantitative estimate of drug-likeness (QED) is 0.844. The van der Waals surface area contributed by atoms with E-state index in [-0.39, 0.29) is 35.1 Å². The number of H-pyrrole nitrogens is 1. The number of halogens is 2. The third kappa shape index (κ3) is 2.25. The van der Waals surface area contributed by atoms with Crippen LogP contribution in [0.5, 0.6) is 0 Å². The van der Waals surface area contributed by atoms with Gasteiger partial charge in [-0.2, -0.15) is 0 Å². The maximum Gasteiger partial charge on any atom is 0.304 e. The largest absolute Gasteiger partial charge is 0.481 e. The lowest BCUT2D eigenvalue weighted by atomic mass is 9.68. The van der Waals surface area contributed by atoms with Gasteiger partial charge in [-0.15, -0.1) is 6.58 Å². The van der Waals surface area contributed by atoms with E-state index in [9.17, 15) is 23.5 Å². The number of allylic oxidation sites excluding steroid dienone is 1. The third-order valence-corrected chi connectivity index (χ3v) is 4.52. The van der Waals surface area contributed by atoms with Gasteiger partial charge in [0.25, 0.3) is 0 Å². The van der Waals surface area contributed by atoms with E-state index in [0.717, 1.165) is 12.1 Å². The highest BCUT2D eigenvalue weighted by atomic mass is 19.1. The Labute approximate surface area is 130 Å². The number of hydrogen-bond donors (Lipinski definition) is 2. The maximum atomic E-state index is 14.2. The molecule has 120 valence electrons. The van der Waals surface area contributed by atoms with Crippen molar-refractivity contribution < 1.29 is 23.5 Å².